The molecule has 2 aromatic rings. The fourth-order valence-corrected chi connectivity index (χ4v) is 4.11. The number of thiophene rings is 2. The van der Waals surface area contributed by atoms with Crippen LogP contribution in [0.3, 0.4) is 0 Å². The molecule has 0 amide bonds. The highest BCUT2D eigenvalue weighted by molar-refractivity contribution is 7.15. The molecule has 1 N–H and O–H groups in total. The monoisotopic (exact) mass is 250 g/mol. The Morgan fingerprint density at radius 2 is 1.88 bits per heavy atom. The zero-order valence-electron chi connectivity index (χ0n) is 8.90. The largest absolute Gasteiger partial charge is 0.383 e. The minimum atomic E-state index is -0.619. The second kappa shape index (κ2) is 3.26. The average Bonchev–Trinajstić information content (AvgIpc) is 2.78. The number of ketones is 1. The number of hydrogen-bond donors (Lipinski definition) is 1. The summed E-state index contributed by atoms with van der Waals surface area (Å²) in [6.45, 7) is 3.92. The average molecular weight is 250 g/mol. The van der Waals surface area contributed by atoms with Gasteiger partial charge in [0.25, 0.3) is 0 Å². The van der Waals surface area contributed by atoms with E-state index < -0.39 is 6.10 Å². The molecule has 3 rings (SSSR count). The number of hydrogen-bond acceptors (Lipinski definition) is 4. The number of aliphatic hydroxyl groups excluding tert-OH is 1. The lowest BCUT2D eigenvalue weighted by Gasteiger charge is -2.16. The first kappa shape index (κ1) is 10.2. The van der Waals surface area contributed by atoms with E-state index in [1.807, 2.05) is 26.0 Å². The summed E-state index contributed by atoms with van der Waals surface area (Å²) in [6.07, 6.45) is -0.619. The molecular weight excluding hydrogens is 240 g/mol. The Kier molecular flexibility index (Phi) is 2.08. The smallest absolute Gasteiger partial charge is 0.204 e. The molecule has 1 aliphatic carbocycles. The van der Waals surface area contributed by atoms with E-state index in [1.165, 1.54) is 22.7 Å². The number of carbonyl (C=O) groups excluding carboxylic acids is 1. The van der Waals surface area contributed by atoms with E-state index in [0.717, 1.165) is 20.2 Å². The Morgan fingerprint density at radius 3 is 2.62 bits per heavy atom. The van der Waals surface area contributed by atoms with Crippen LogP contribution in [-0.4, -0.2) is 10.9 Å². The summed E-state index contributed by atoms with van der Waals surface area (Å²) in [5.41, 5.74) is 1.46. The van der Waals surface area contributed by atoms with E-state index in [0.29, 0.717) is 10.4 Å². The Hall–Kier alpha value is -0.970. The molecule has 82 valence electrons. The standard InChI is InChI=1S/C12H10O2S2/c1-5-3-7-9(13)12-8(4-6(2)16-12)10(14)11(7)15-5/h3-4,9,13H,1-2H3. The summed E-state index contributed by atoms with van der Waals surface area (Å²) in [7, 11) is 0. The van der Waals surface area contributed by atoms with Crippen molar-refractivity contribution >= 4 is 28.5 Å². The molecule has 0 aliphatic heterocycles. The molecule has 0 saturated carbocycles. The molecule has 0 saturated heterocycles. The van der Waals surface area contributed by atoms with E-state index >= 15 is 0 Å². The highest BCUT2D eigenvalue weighted by Gasteiger charge is 2.33. The van der Waals surface area contributed by atoms with Gasteiger partial charge in [-0.3, -0.25) is 4.79 Å². The van der Waals surface area contributed by atoms with E-state index in [2.05, 4.69) is 0 Å². The van der Waals surface area contributed by atoms with Crippen molar-refractivity contribution < 1.29 is 9.90 Å². The van der Waals surface area contributed by atoms with Crippen LogP contribution in [0.1, 0.15) is 41.5 Å². The Morgan fingerprint density at radius 1 is 1.19 bits per heavy atom. The lowest BCUT2D eigenvalue weighted by Crippen LogP contribution is -2.14. The van der Waals surface area contributed by atoms with Gasteiger partial charge < -0.3 is 5.11 Å². The van der Waals surface area contributed by atoms with E-state index in [4.69, 9.17) is 0 Å². The van der Waals surface area contributed by atoms with Crippen molar-refractivity contribution in [1.82, 2.24) is 0 Å². The van der Waals surface area contributed by atoms with Crippen LogP contribution in [0.15, 0.2) is 12.1 Å². The Bertz CT molecular complexity index is 542. The predicted molar refractivity (Wildman–Crippen MR) is 65.6 cm³/mol. The number of carbonyl (C=O) groups is 1. The molecule has 4 heteroatoms. The summed E-state index contributed by atoms with van der Waals surface area (Å²) in [4.78, 5) is 15.8. The van der Waals surface area contributed by atoms with Crippen molar-refractivity contribution in [3.05, 3.63) is 42.8 Å². The van der Waals surface area contributed by atoms with Crippen molar-refractivity contribution in [2.24, 2.45) is 0 Å². The van der Waals surface area contributed by atoms with Crippen LogP contribution in [0.25, 0.3) is 0 Å². The van der Waals surface area contributed by atoms with Gasteiger partial charge in [-0.1, -0.05) is 0 Å². The fraction of sp³-hybridized carbons (Fsp3) is 0.250. The van der Waals surface area contributed by atoms with Crippen LogP contribution in [0.4, 0.5) is 0 Å². The molecule has 2 nitrogen and oxygen atoms in total. The van der Waals surface area contributed by atoms with Gasteiger partial charge in [-0.25, -0.2) is 0 Å². The van der Waals surface area contributed by atoms with Crippen LogP contribution in [0.5, 0.6) is 0 Å². The zero-order valence-corrected chi connectivity index (χ0v) is 10.5. The summed E-state index contributed by atoms with van der Waals surface area (Å²) in [6, 6.07) is 3.80. The van der Waals surface area contributed by atoms with Crippen molar-refractivity contribution in [3.8, 4) is 0 Å². The van der Waals surface area contributed by atoms with Crippen molar-refractivity contribution in [2.45, 2.75) is 20.0 Å². The minimum absolute atomic E-state index is 0.0674. The molecule has 0 spiro atoms. The number of rotatable bonds is 0. The summed E-state index contributed by atoms with van der Waals surface area (Å²) in [5.74, 6) is 0.0674. The van der Waals surface area contributed by atoms with Crippen LogP contribution in [-0.2, 0) is 0 Å². The van der Waals surface area contributed by atoms with Crippen LogP contribution >= 0.6 is 22.7 Å². The van der Waals surface area contributed by atoms with Crippen LogP contribution < -0.4 is 0 Å². The third-order valence-electron chi connectivity index (χ3n) is 2.76. The maximum Gasteiger partial charge on any atom is 0.204 e. The second-order valence-corrected chi connectivity index (χ2v) is 6.55. The van der Waals surface area contributed by atoms with E-state index in [1.54, 1.807) is 0 Å². The quantitative estimate of drug-likeness (QED) is 0.780. The van der Waals surface area contributed by atoms with Crippen molar-refractivity contribution in [2.75, 3.05) is 0 Å². The molecule has 16 heavy (non-hydrogen) atoms. The minimum Gasteiger partial charge on any atom is -0.383 e. The van der Waals surface area contributed by atoms with Gasteiger partial charge in [0, 0.05) is 25.8 Å². The van der Waals surface area contributed by atoms with Gasteiger partial charge in [0.05, 0.1) is 4.88 Å². The summed E-state index contributed by atoms with van der Waals surface area (Å²) >= 11 is 2.98. The van der Waals surface area contributed by atoms with Gasteiger partial charge in [-0.2, -0.15) is 0 Å². The molecule has 0 fully saturated rings. The third kappa shape index (κ3) is 1.24. The van der Waals surface area contributed by atoms with Crippen molar-refractivity contribution in [3.63, 3.8) is 0 Å². The Balaban J connectivity index is 2.28. The number of aryl methyl sites for hydroxylation is 2. The first-order valence-electron chi connectivity index (χ1n) is 5.01. The molecule has 1 atom stereocenters. The second-order valence-electron chi connectivity index (χ2n) is 4.01. The molecule has 1 unspecified atom stereocenters. The first-order valence-corrected chi connectivity index (χ1v) is 6.64. The SMILES string of the molecule is Cc1cc2c(s1)C(=O)c1cc(C)sc1C2O. The summed E-state index contributed by atoms with van der Waals surface area (Å²) in [5, 5.41) is 10.2. The van der Waals surface area contributed by atoms with Gasteiger partial charge in [0.2, 0.25) is 5.78 Å². The molecule has 2 aromatic heterocycles. The topological polar surface area (TPSA) is 37.3 Å². The van der Waals surface area contributed by atoms with Crippen LogP contribution in [0.2, 0.25) is 0 Å². The molecule has 1 aliphatic rings. The van der Waals surface area contributed by atoms with Gasteiger partial charge in [-0.15, -0.1) is 22.7 Å². The maximum atomic E-state index is 12.2. The molecule has 2 heterocycles. The number of fused-ring (bicyclic) bond motifs is 2. The molecule has 0 bridgehead atoms. The zero-order chi connectivity index (χ0) is 11.4. The lowest BCUT2D eigenvalue weighted by molar-refractivity contribution is 0.102. The fourth-order valence-electron chi connectivity index (χ4n) is 2.09. The highest BCUT2D eigenvalue weighted by atomic mass is 32.1. The summed E-state index contributed by atoms with van der Waals surface area (Å²) < 4.78 is 0. The normalized spacial score (nSPS) is 18.4. The van der Waals surface area contributed by atoms with Gasteiger partial charge in [-0.05, 0) is 26.0 Å². The molecule has 0 aromatic carbocycles. The predicted octanol–water partition coefficient (Wildman–Crippen LogP) is 3.05. The first-order chi connectivity index (χ1) is 7.58. The molecular formula is C12H10O2S2. The van der Waals surface area contributed by atoms with Gasteiger partial charge in [0.15, 0.2) is 0 Å². The van der Waals surface area contributed by atoms with Crippen LogP contribution in [0, 0.1) is 13.8 Å². The van der Waals surface area contributed by atoms with E-state index in [-0.39, 0.29) is 5.78 Å². The van der Waals surface area contributed by atoms with Gasteiger partial charge >= 0.3 is 0 Å². The van der Waals surface area contributed by atoms with Crippen molar-refractivity contribution in [1.29, 1.82) is 0 Å². The van der Waals surface area contributed by atoms with Gasteiger partial charge in [0.1, 0.15) is 6.10 Å². The molecule has 0 radical (unpaired) electrons. The Labute approximate surface area is 101 Å². The highest BCUT2D eigenvalue weighted by Crippen LogP contribution is 2.42. The third-order valence-corrected chi connectivity index (χ3v) is 4.93. The maximum absolute atomic E-state index is 12.2. The van der Waals surface area contributed by atoms with E-state index in [9.17, 15) is 9.90 Å². The lowest BCUT2D eigenvalue weighted by atomic mass is 9.94. The number of aliphatic hydroxyl groups is 1.